The Morgan fingerprint density at radius 2 is 1.00 bits per heavy atom. The summed E-state index contributed by atoms with van der Waals surface area (Å²) in [4.78, 5) is 12.6. The van der Waals surface area contributed by atoms with Crippen LogP contribution in [-0.2, 0) is 0 Å². The van der Waals surface area contributed by atoms with Crippen LogP contribution in [0.4, 0.5) is 0 Å². The fourth-order valence-corrected chi connectivity index (χ4v) is 16.9. The molecule has 5 heterocycles. The van der Waals surface area contributed by atoms with Gasteiger partial charge in [-0.3, -0.25) is 4.79 Å². The van der Waals surface area contributed by atoms with Gasteiger partial charge in [0.1, 0.15) is 8.38 Å². The molecule has 5 rings (SSSR count). The molecule has 1 aromatic heterocycles. The molecule has 0 amide bonds. The van der Waals surface area contributed by atoms with Gasteiger partial charge >= 0.3 is 0 Å². The lowest BCUT2D eigenvalue weighted by atomic mass is 10.9. The lowest BCUT2D eigenvalue weighted by Crippen LogP contribution is -2.14. The average molecular weight is 501 g/mol. The van der Waals surface area contributed by atoms with Gasteiger partial charge in [-0.05, 0) is 0 Å². The molecular weight excluding hydrogens is 493 g/mol. The van der Waals surface area contributed by atoms with Gasteiger partial charge in [0, 0.05) is 23.0 Å². The van der Waals surface area contributed by atoms with Gasteiger partial charge in [0.15, 0.2) is 0 Å². The Morgan fingerprint density at radius 3 is 1.50 bits per heavy atom. The van der Waals surface area contributed by atoms with Crippen LogP contribution in [0, 0.1) is 0 Å². The number of thioether (sulfide) groups is 8. The third-order valence-electron chi connectivity index (χ3n) is 3.09. The highest BCUT2D eigenvalue weighted by Gasteiger charge is 2.28. The maximum absolute atomic E-state index is 12.6. The van der Waals surface area contributed by atoms with Gasteiger partial charge < -0.3 is 0 Å². The summed E-state index contributed by atoms with van der Waals surface area (Å²) in [7, 11) is 0. The van der Waals surface area contributed by atoms with Gasteiger partial charge in [0.2, 0.25) is 0 Å². The fourth-order valence-electron chi connectivity index (χ4n) is 2.11. The Balaban J connectivity index is 1.52. The van der Waals surface area contributed by atoms with Crippen molar-refractivity contribution in [3.63, 3.8) is 0 Å². The zero-order valence-electron chi connectivity index (χ0n) is 11.8. The van der Waals surface area contributed by atoms with E-state index in [1.807, 2.05) is 94.1 Å². The maximum Gasteiger partial charge on any atom is 0.252 e. The van der Waals surface area contributed by atoms with Gasteiger partial charge in [-0.2, -0.15) is 0 Å². The summed E-state index contributed by atoms with van der Waals surface area (Å²) >= 11 is 18.3. The molecule has 0 saturated heterocycles. The maximum atomic E-state index is 12.6. The molecule has 0 fully saturated rings. The molecule has 0 radical (unpaired) electrons. The van der Waals surface area contributed by atoms with E-state index in [1.165, 1.54) is 63.6 Å². The molecule has 4 aliphatic heterocycles. The van der Waals surface area contributed by atoms with E-state index in [1.54, 1.807) is 11.3 Å². The molecule has 0 unspecified atom stereocenters. The number of hydrogen-bond acceptors (Lipinski definition) is 11. The van der Waals surface area contributed by atoms with Crippen molar-refractivity contribution >= 4 is 125 Å². The highest BCUT2D eigenvalue weighted by Crippen LogP contribution is 2.61. The first-order valence-corrected chi connectivity index (χ1v) is 15.7. The van der Waals surface area contributed by atoms with Crippen LogP contribution < -0.4 is 13.1 Å². The van der Waals surface area contributed by atoms with Gasteiger partial charge in [-0.15, -0.1) is 58.4 Å². The van der Waals surface area contributed by atoms with Crippen LogP contribution >= 0.6 is 117 Å². The van der Waals surface area contributed by atoms with E-state index in [4.69, 9.17) is 0 Å². The molecule has 0 spiro atoms. The molecule has 24 heavy (non-hydrogen) atoms. The number of rotatable bonds is 0. The van der Waals surface area contributed by atoms with Crippen molar-refractivity contribution in [3.8, 4) is 0 Å². The smallest absolute Gasteiger partial charge is 0.252 e. The van der Waals surface area contributed by atoms with Gasteiger partial charge in [0.05, 0.1) is 25.4 Å². The van der Waals surface area contributed by atoms with E-state index in [0.717, 1.165) is 4.53 Å². The molecule has 1 nitrogen and oxygen atoms in total. The summed E-state index contributed by atoms with van der Waals surface area (Å²) in [5.74, 6) is 4.78. The van der Waals surface area contributed by atoms with Crippen LogP contribution in [0.2, 0.25) is 0 Å². The first-order valence-electron chi connectivity index (χ1n) is 6.87. The minimum atomic E-state index is 0.235. The molecule has 126 valence electrons. The topological polar surface area (TPSA) is 17.1 Å². The largest absolute Gasteiger partial charge is 0.276 e. The van der Waals surface area contributed by atoms with E-state index < -0.39 is 0 Å². The van der Waals surface area contributed by atoms with Crippen molar-refractivity contribution in [1.82, 2.24) is 0 Å². The SMILES string of the molecule is O=c1sc(=C2SC3=C(SCCS3)S2)sc1=C1SC2=C(SCCS2)S1. The second-order valence-electron chi connectivity index (χ2n) is 4.64. The second kappa shape index (κ2) is 7.71. The van der Waals surface area contributed by atoms with E-state index in [0.29, 0.717) is 0 Å². The third-order valence-corrected chi connectivity index (χ3v) is 17.8. The van der Waals surface area contributed by atoms with Crippen molar-refractivity contribution < 1.29 is 0 Å². The highest BCUT2D eigenvalue weighted by atomic mass is 32.3. The first kappa shape index (κ1) is 17.9. The normalized spacial score (nSPS) is 24.0. The Hall–Kier alpha value is 1.87. The lowest BCUT2D eigenvalue weighted by molar-refractivity contribution is 1.56. The minimum absolute atomic E-state index is 0.235. The third kappa shape index (κ3) is 3.48. The van der Waals surface area contributed by atoms with Gasteiger partial charge in [-0.25, -0.2) is 0 Å². The quantitative estimate of drug-likeness (QED) is 0.457. The Morgan fingerprint density at radius 1 is 0.542 bits per heavy atom. The molecule has 11 heteroatoms. The minimum Gasteiger partial charge on any atom is -0.276 e. The van der Waals surface area contributed by atoms with E-state index in [-0.39, 0.29) is 4.74 Å². The molecular formula is C13H8OS10. The summed E-state index contributed by atoms with van der Waals surface area (Å²) in [5, 5.41) is 0. The van der Waals surface area contributed by atoms with Crippen LogP contribution in [-0.4, -0.2) is 23.0 Å². The summed E-state index contributed by atoms with van der Waals surface area (Å²) in [6.07, 6.45) is 0. The van der Waals surface area contributed by atoms with E-state index in [9.17, 15) is 4.79 Å². The molecule has 0 aromatic carbocycles. The summed E-state index contributed by atoms with van der Waals surface area (Å²) < 4.78 is 10.6. The average Bonchev–Trinajstić information content (AvgIpc) is 3.29. The predicted octanol–water partition coefficient (Wildman–Crippen LogP) is 5.47. The molecule has 0 atom stereocenters. The van der Waals surface area contributed by atoms with Crippen molar-refractivity contribution in [2.24, 2.45) is 0 Å². The van der Waals surface area contributed by atoms with Crippen molar-refractivity contribution in [2.75, 3.05) is 23.0 Å². The van der Waals surface area contributed by atoms with Gasteiger partial charge in [0.25, 0.3) is 4.74 Å². The van der Waals surface area contributed by atoms with Crippen LogP contribution in [0.5, 0.6) is 0 Å². The predicted molar refractivity (Wildman–Crippen MR) is 129 cm³/mol. The van der Waals surface area contributed by atoms with Crippen molar-refractivity contribution in [3.05, 3.63) is 34.9 Å². The van der Waals surface area contributed by atoms with Crippen LogP contribution in [0.25, 0.3) is 8.47 Å². The van der Waals surface area contributed by atoms with Crippen LogP contribution in [0.15, 0.2) is 21.7 Å². The standard InChI is InChI=1S/C13H8OS10/c14-6-5(7-21-8-9(22-7)16-2-1-15-8)19-12(20-6)13-23-10-11(24-13)18-4-3-17-10/h1-4H2. The molecule has 0 saturated carbocycles. The molecule has 0 bridgehead atoms. The highest BCUT2D eigenvalue weighted by molar-refractivity contribution is 8.47. The zero-order chi connectivity index (χ0) is 16.1. The van der Waals surface area contributed by atoms with E-state index in [2.05, 4.69) is 0 Å². The van der Waals surface area contributed by atoms with Crippen LogP contribution in [0.1, 0.15) is 0 Å². The van der Waals surface area contributed by atoms with Crippen molar-refractivity contribution in [1.29, 1.82) is 0 Å². The summed E-state index contributed by atoms with van der Waals surface area (Å²) in [6.45, 7) is 0. The lowest BCUT2D eigenvalue weighted by Gasteiger charge is -2.08. The van der Waals surface area contributed by atoms with E-state index >= 15 is 0 Å². The zero-order valence-corrected chi connectivity index (χ0v) is 20.0. The monoisotopic (exact) mass is 500 g/mol. The Kier molecular flexibility index (Phi) is 5.76. The second-order valence-corrected chi connectivity index (χ2v) is 17.0. The fraction of sp³-hybridized carbons (Fsp3) is 0.308. The molecule has 0 N–H and O–H groups in total. The summed E-state index contributed by atoms with van der Waals surface area (Å²) in [6, 6.07) is 0. The molecule has 0 aliphatic carbocycles. The number of hydrogen-bond donors (Lipinski definition) is 0. The van der Waals surface area contributed by atoms with Gasteiger partial charge in [-0.1, -0.05) is 58.4 Å². The Labute approximate surface area is 181 Å². The first-order chi connectivity index (χ1) is 11.8. The van der Waals surface area contributed by atoms with Crippen molar-refractivity contribution in [2.45, 2.75) is 0 Å². The summed E-state index contributed by atoms with van der Waals surface area (Å²) in [5.41, 5.74) is 0. The Bertz CT molecular complexity index is 908. The molecule has 4 aliphatic rings. The van der Waals surface area contributed by atoms with Crippen LogP contribution in [0.3, 0.4) is 0 Å². The molecule has 1 aromatic rings.